The monoisotopic (exact) mass is 419 g/mol. The van der Waals surface area contributed by atoms with Crippen LogP contribution in [0.4, 0.5) is 5.69 Å². The van der Waals surface area contributed by atoms with Crippen molar-refractivity contribution >= 4 is 17.2 Å². The molecule has 0 fully saturated rings. The van der Waals surface area contributed by atoms with Crippen LogP contribution in [0.5, 0.6) is 5.88 Å². The van der Waals surface area contributed by atoms with Crippen LogP contribution >= 0.6 is 0 Å². The molecule has 158 valence electrons. The Bertz CT molecular complexity index is 1260. The highest BCUT2D eigenvalue weighted by Crippen LogP contribution is 2.18. The van der Waals surface area contributed by atoms with Crippen molar-refractivity contribution in [3.8, 4) is 5.88 Å². The average Bonchev–Trinajstić information content (AvgIpc) is 3.10. The molecule has 0 spiro atoms. The Kier molecular flexibility index (Phi) is 6.04. The number of hydrogen-bond acceptors (Lipinski definition) is 6. The van der Waals surface area contributed by atoms with Gasteiger partial charge in [-0.25, -0.2) is 14.5 Å². The van der Waals surface area contributed by atoms with E-state index in [2.05, 4.69) is 15.4 Å². The van der Waals surface area contributed by atoms with Crippen molar-refractivity contribution in [1.29, 1.82) is 0 Å². The van der Waals surface area contributed by atoms with Gasteiger partial charge in [0, 0.05) is 25.2 Å². The van der Waals surface area contributed by atoms with Crippen LogP contribution < -0.4 is 15.7 Å². The number of nitrogens with zero attached hydrogens (tertiary/aromatic N) is 4. The number of anilines is 1. The van der Waals surface area contributed by atoms with Gasteiger partial charge in [-0.15, -0.1) is 5.10 Å². The molecule has 9 heteroatoms. The van der Waals surface area contributed by atoms with Crippen LogP contribution in [-0.2, 0) is 11.3 Å². The summed E-state index contributed by atoms with van der Waals surface area (Å²) >= 11 is 0. The predicted molar refractivity (Wildman–Crippen MR) is 115 cm³/mol. The summed E-state index contributed by atoms with van der Waals surface area (Å²) in [6.45, 7) is 0.960. The number of hydrogen-bond donors (Lipinski definition) is 1. The maximum atomic E-state index is 12.8. The maximum absolute atomic E-state index is 12.8. The van der Waals surface area contributed by atoms with E-state index in [-0.39, 0.29) is 30.6 Å². The number of rotatable bonds is 8. The maximum Gasteiger partial charge on any atom is 0.350 e. The molecule has 0 saturated carbocycles. The van der Waals surface area contributed by atoms with Crippen LogP contribution in [0.1, 0.15) is 15.9 Å². The second-order valence-corrected chi connectivity index (χ2v) is 6.72. The summed E-state index contributed by atoms with van der Waals surface area (Å²) in [6.07, 6.45) is 3.24. The summed E-state index contributed by atoms with van der Waals surface area (Å²) in [5.41, 5.74) is 2.09. The number of nitrogens with one attached hydrogen (secondary N) is 1. The van der Waals surface area contributed by atoms with Gasteiger partial charge in [0.15, 0.2) is 5.65 Å². The number of methoxy groups -OCH3 is 1. The van der Waals surface area contributed by atoms with Crippen LogP contribution in [0.2, 0.25) is 0 Å². The third kappa shape index (κ3) is 4.62. The topological polar surface area (TPSA) is 99.8 Å². The van der Waals surface area contributed by atoms with Gasteiger partial charge in [0.2, 0.25) is 5.88 Å². The highest BCUT2D eigenvalue weighted by Gasteiger charge is 2.14. The number of fused-ring (bicyclic) bond motifs is 1. The number of aromatic nitrogens is 4. The van der Waals surface area contributed by atoms with E-state index in [1.54, 1.807) is 55.9 Å². The van der Waals surface area contributed by atoms with Crippen LogP contribution in [-0.4, -0.2) is 45.4 Å². The fraction of sp³-hybridized carbons (Fsp3) is 0.182. The van der Waals surface area contributed by atoms with Crippen LogP contribution in [0, 0.1) is 0 Å². The van der Waals surface area contributed by atoms with Crippen molar-refractivity contribution in [3.05, 3.63) is 88.6 Å². The van der Waals surface area contributed by atoms with Crippen LogP contribution in [0.3, 0.4) is 0 Å². The minimum Gasteiger partial charge on any atom is -0.475 e. The summed E-state index contributed by atoms with van der Waals surface area (Å²) < 4.78 is 13.4. The van der Waals surface area contributed by atoms with Crippen molar-refractivity contribution < 1.29 is 14.3 Å². The summed E-state index contributed by atoms with van der Waals surface area (Å²) in [5.74, 6) is -0.105. The summed E-state index contributed by atoms with van der Waals surface area (Å²) in [4.78, 5) is 29.4. The normalized spacial score (nSPS) is 10.9. The summed E-state index contributed by atoms with van der Waals surface area (Å²) in [7, 11) is 1.57. The van der Waals surface area contributed by atoms with Gasteiger partial charge in [0.25, 0.3) is 5.91 Å². The van der Waals surface area contributed by atoms with E-state index in [0.717, 1.165) is 5.56 Å². The van der Waals surface area contributed by atoms with Gasteiger partial charge in [0.05, 0.1) is 13.2 Å². The van der Waals surface area contributed by atoms with Gasteiger partial charge in [0.1, 0.15) is 12.2 Å². The van der Waals surface area contributed by atoms with Gasteiger partial charge in [-0.3, -0.25) is 9.20 Å². The zero-order valence-corrected chi connectivity index (χ0v) is 16.9. The van der Waals surface area contributed by atoms with Crippen LogP contribution in [0.25, 0.3) is 5.65 Å². The van der Waals surface area contributed by atoms with Gasteiger partial charge in [-0.05, 0) is 42.0 Å². The van der Waals surface area contributed by atoms with Crippen molar-refractivity contribution in [2.45, 2.75) is 6.54 Å². The molecule has 0 aliphatic rings. The van der Waals surface area contributed by atoms with Gasteiger partial charge < -0.3 is 14.8 Å². The standard InChI is InChI=1S/C22H21N5O4/c1-30-12-13-31-21-18(8-5-10-23-21)20(28)24-17-7-4-6-16(14-17)15-27-22(29)26-11-3-2-9-19(26)25-27/h2-11,14H,12-13,15H2,1H3,(H,24,28). The Morgan fingerprint density at radius 3 is 2.84 bits per heavy atom. The first-order chi connectivity index (χ1) is 15.2. The lowest BCUT2D eigenvalue weighted by atomic mass is 10.2. The SMILES string of the molecule is COCCOc1ncccc1C(=O)Nc1cccc(Cn2nc3ccccn3c2=O)c1. The lowest BCUT2D eigenvalue weighted by Gasteiger charge is -2.11. The van der Waals surface area contributed by atoms with Crippen LogP contribution in [0.15, 0.2) is 71.8 Å². The number of pyridine rings is 2. The molecule has 0 aliphatic heterocycles. The highest BCUT2D eigenvalue weighted by molar-refractivity contribution is 6.05. The minimum absolute atomic E-state index is 0.224. The molecule has 0 saturated heterocycles. The largest absolute Gasteiger partial charge is 0.475 e. The second-order valence-electron chi connectivity index (χ2n) is 6.72. The molecule has 0 bridgehead atoms. The minimum atomic E-state index is -0.345. The summed E-state index contributed by atoms with van der Waals surface area (Å²) in [6, 6.07) is 16.0. The fourth-order valence-electron chi connectivity index (χ4n) is 3.09. The summed E-state index contributed by atoms with van der Waals surface area (Å²) in [5, 5.41) is 7.19. The molecule has 0 unspecified atom stereocenters. The molecule has 1 amide bonds. The fourth-order valence-corrected chi connectivity index (χ4v) is 3.09. The van der Waals surface area contributed by atoms with E-state index >= 15 is 0 Å². The first-order valence-electron chi connectivity index (χ1n) is 9.67. The molecule has 0 aliphatic carbocycles. The molecule has 4 aromatic rings. The lowest BCUT2D eigenvalue weighted by Crippen LogP contribution is -2.21. The van der Waals surface area contributed by atoms with E-state index in [4.69, 9.17) is 9.47 Å². The Balaban J connectivity index is 1.51. The lowest BCUT2D eigenvalue weighted by molar-refractivity contribution is 0.101. The van der Waals surface area contributed by atoms with E-state index < -0.39 is 0 Å². The van der Waals surface area contributed by atoms with Gasteiger partial charge in [-0.1, -0.05) is 18.2 Å². The molecule has 0 atom stereocenters. The Morgan fingerprint density at radius 1 is 1.10 bits per heavy atom. The smallest absolute Gasteiger partial charge is 0.350 e. The molecule has 3 aromatic heterocycles. The Labute approximate surface area is 177 Å². The molecular formula is C22H21N5O4. The molecule has 3 heterocycles. The Morgan fingerprint density at radius 2 is 2.00 bits per heavy atom. The number of carbonyl (C=O) groups excluding carboxylic acids is 1. The number of benzene rings is 1. The Hall–Kier alpha value is -3.98. The first kappa shape index (κ1) is 20.3. The van der Waals surface area contributed by atoms with E-state index in [1.165, 1.54) is 9.08 Å². The third-order valence-electron chi connectivity index (χ3n) is 4.55. The zero-order valence-electron chi connectivity index (χ0n) is 16.9. The van der Waals surface area contributed by atoms with E-state index in [9.17, 15) is 9.59 Å². The first-order valence-corrected chi connectivity index (χ1v) is 9.67. The van der Waals surface area contributed by atoms with Crippen molar-refractivity contribution in [1.82, 2.24) is 19.2 Å². The van der Waals surface area contributed by atoms with Crippen molar-refractivity contribution in [2.24, 2.45) is 0 Å². The molecule has 4 rings (SSSR count). The zero-order chi connectivity index (χ0) is 21.6. The molecule has 31 heavy (non-hydrogen) atoms. The quantitative estimate of drug-likeness (QED) is 0.440. The number of carbonyl (C=O) groups is 1. The molecule has 0 radical (unpaired) electrons. The predicted octanol–water partition coefficient (Wildman–Crippen LogP) is 2.22. The van der Waals surface area contributed by atoms with Gasteiger partial charge in [-0.2, -0.15) is 0 Å². The molecule has 9 nitrogen and oxygen atoms in total. The second kappa shape index (κ2) is 9.23. The van der Waals surface area contributed by atoms with E-state index in [0.29, 0.717) is 23.5 Å². The molecular weight excluding hydrogens is 398 g/mol. The number of ether oxygens (including phenoxy) is 2. The highest BCUT2D eigenvalue weighted by atomic mass is 16.5. The number of amides is 1. The molecule has 1 aromatic carbocycles. The average molecular weight is 419 g/mol. The van der Waals surface area contributed by atoms with Crippen molar-refractivity contribution in [2.75, 3.05) is 25.6 Å². The van der Waals surface area contributed by atoms with Gasteiger partial charge >= 0.3 is 5.69 Å². The van der Waals surface area contributed by atoms with Crippen molar-refractivity contribution in [3.63, 3.8) is 0 Å². The van der Waals surface area contributed by atoms with E-state index in [1.807, 2.05) is 18.2 Å². The molecule has 1 N–H and O–H groups in total. The third-order valence-corrected chi connectivity index (χ3v) is 4.55.